The molecule has 1 saturated carbocycles. The van der Waals surface area contributed by atoms with E-state index in [1.807, 2.05) is 27.7 Å². The molecule has 0 aromatic rings. The van der Waals surface area contributed by atoms with Crippen molar-refractivity contribution in [2.75, 3.05) is 0 Å². The highest BCUT2D eigenvalue weighted by Crippen LogP contribution is 2.18. The van der Waals surface area contributed by atoms with Crippen LogP contribution in [-0.4, -0.2) is 23.9 Å². The van der Waals surface area contributed by atoms with Crippen LogP contribution in [0.3, 0.4) is 0 Å². The summed E-state index contributed by atoms with van der Waals surface area (Å²) in [6.07, 6.45) is 3.85. The molecule has 0 saturated heterocycles. The molecule has 1 aliphatic rings. The quantitative estimate of drug-likeness (QED) is 0.800. The van der Waals surface area contributed by atoms with Crippen LogP contribution in [0.2, 0.25) is 0 Å². The van der Waals surface area contributed by atoms with Crippen LogP contribution in [0, 0.1) is 0 Å². The molecule has 1 rings (SSSR count). The van der Waals surface area contributed by atoms with Crippen LogP contribution >= 0.6 is 0 Å². The van der Waals surface area contributed by atoms with Gasteiger partial charge in [-0.2, -0.15) is 0 Å². The van der Waals surface area contributed by atoms with Gasteiger partial charge in [0.25, 0.3) is 0 Å². The average molecular weight is 258 g/mol. The summed E-state index contributed by atoms with van der Waals surface area (Å²) in [7, 11) is 0. The summed E-state index contributed by atoms with van der Waals surface area (Å²) in [4.78, 5) is 21.6. The third-order valence-electron chi connectivity index (χ3n) is 2.54. The lowest BCUT2D eigenvalue weighted by atomic mass is 9.91. The molecule has 0 spiro atoms. The number of nitrogens with one attached hydrogen (secondary N) is 2. The van der Waals surface area contributed by atoms with E-state index in [2.05, 4.69) is 10.6 Å². The van der Waals surface area contributed by atoms with Gasteiger partial charge in [-0.1, -0.05) is 27.7 Å². The molecule has 0 radical (unpaired) electrons. The molecule has 1 fully saturated rings. The molecular formula is C14H30N2O2. The van der Waals surface area contributed by atoms with Gasteiger partial charge in [0.05, 0.1) is 0 Å². The van der Waals surface area contributed by atoms with E-state index in [1.165, 1.54) is 0 Å². The Morgan fingerprint density at radius 3 is 1.11 bits per heavy atom. The lowest BCUT2D eigenvalue weighted by molar-refractivity contribution is -0.121. The predicted molar refractivity (Wildman–Crippen MR) is 76.4 cm³/mol. The molecule has 0 atom stereocenters. The highest BCUT2D eigenvalue weighted by Gasteiger charge is 2.21. The van der Waals surface area contributed by atoms with E-state index in [9.17, 15) is 9.59 Å². The maximum absolute atomic E-state index is 10.8. The van der Waals surface area contributed by atoms with E-state index in [1.54, 1.807) is 13.8 Å². The van der Waals surface area contributed by atoms with Gasteiger partial charge < -0.3 is 10.6 Å². The lowest BCUT2D eigenvalue weighted by Gasteiger charge is -2.29. The van der Waals surface area contributed by atoms with Crippen LogP contribution in [0.15, 0.2) is 0 Å². The van der Waals surface area contributed by atoms with Crippen molar-refractivity contribution in [1.29, 1.82) is 0 Å². The van der Waals surface area contributed by atoms with Gasteiger partial charge in [-0.05, 0) is 25.7 Å². The molecule has 0 aromatic carbocycles. The van der Waals surface area contributed by atoms with Crippen LogP contribution in [-0.2, 0) is 9.59 Å². The average Bonchev–Trinajstić information content (AvgIpc) is 2.35. The van der Waals surface area contributed by atoms with E-state index >= 15 is 0 Å². The van der Waals surface area contributed by atoms with E-state index in [-0.39, 0.29) is 11.8 Å². The zero-order valence-corrected chi connectivity index (χ0v) is 12.8. The first-order valence-corrected chi connectivity index (χ1v) is 7.12. The van der Waals surface area contributed by atoms with Gasteiger partial charge in [0.2, 0.25) is 11.8 Å². The Morgan fingerprint density at radius 1 is 0.722 bits per heavy atom. The Hall–Kier alpha value is -1.06. The van der Waals surface area contributed by atoms with Gasteiger partial charge in [0.1, 0.15) is 0 Å². The van der Waals surface area contributed by atoms with Crippen molar-refractivity contribution in [1.82, 2.24) is 10.6 Å². The highest BCUT2D eigenvalue weighted by molar-refractivity contribution is 5.73. The summed E-state index contributed by atoms with van der Waals surface area (Å²) in [5.41, 5.74) is 0. The standard InChI is InChI=1S/C10H18N2O2.2C2H6/c1-7(13)11-9-3-5-10(6-4-9)12-8(2)14;2*1-2/h9-10H,3-6H2,1-2H3,(H,11,13)(H,12,14);2*1-2H3. The van der Waals surface area contributed by atoms with E-state index in [0.29, 0.717) is 12.1 Å². The molecule has 0 aromatic heterocycles. The molecule has 4 heteroatoms. The summed E-state index contributed by atoms with van der Waals surface area (Å²) >= 11 is 0. The SMILES string of the molecule is CC.CC.CC(=O)NC1CCC(NC(C)=O)CC1. The molecule has 2 amide bonds. The van der Waals surface area contributed by atoms with Crippen molar-refractivity contribution < 1.29 is 9.59 Å². The Labute approximate surface area is 112 Å². The predicted octanol–water partition coefficient (Wildman–Crippen LogP) is 2.62. The van der Waals surface area contributed by atoms with Crippen LogP contribution in [0.5, 0.6) is 0 Å². The number of carbonyl (C=O) groups excluding carboxylic acids is 2. The normalized spacial score (nSPS) is 21.4. The molecule has 0 aliphatic heterocycles. The maximum Gasteiger partial charge on any atom is 0.217 e. The number of amides is 2. The molecular weight excluding hydrogens is 228 g/mol. The topological polar surface area (TPSA) is 58.2 Å². The Bertz CT molecular complexity index is 198. The fraction of sp³-hybridized carbons (Fsp3) is 0.857. The monoisotopic (exact) mass is 258 g/mol. The Morgan fingerprint density at radius 2 is 0.944 bits per heavy atom. The zero-order valence-electron chi connectivity index (χ0n) is 12.8. The van der Waals surface area contributed by atoms with Gasteiger partial charge in [0.15, 0.2) is 0 Å². The number of carbonyl (C=O) groups is 2. The third kappa shape index (κ3) is 10.1. The first-order chi connectivity index (χ1) is 8.58. The summed E-state index contributed by atoms with van der Waals surface area (Å²) in [6, 6.07) is 0.606. The summed E-state index contributed by atoms with van der Waals surface area (Å²) in [6.45, 7) is 11.1. The number of rotatable bonds is 2. The smallest absolute Gasteiger partial charge is 0.217 e. The number of hydrogen-bond donors (Lipinski definition) is 2. The maximum atomic E-state index is 10.8. The molecule has 4 nitrogen and oxygen atoms in total. The van der Waals surface area contributed by atoms with Crippen LogP contribution in [0.1, 0.15) is 67.2 Å². The molecule has 0 heterocycles. The van der Waals surface area contributed by atoms with E-state index in [0.717, 1.165) is 25.7 Å². The second-order valence-electron chi connectivity index (χ2n) is 3.95. The molecule has 18 heavy (non-hydrogen) atoms. The van der Waals surface area contributed by atoms with Crippen molar-refractivity contribution in [3.63, 3.8) is 0 Å². The minimum atomic E-state index is 0.0352. The Balaban J connectivity index is 0. The fourth-order valence-corrected chi connectivity index (χ4v) is 1.96. The van der Waals surface area contributed by atoms with Gasteiger partial charge >= 0.3 is 0 Å². The van der Waals surface area contributed by atoms with Crippen molar-refractivity contribution in [3.8, 4) is 0 Å². The molecule has 108 valence electrons. The second kappa shape index (κ2) is 12.4. The van der Waals surface area contributed by atoms with E-state index in [4.69, 9.17) is 0 Å². The van der Waals surface area contributed by atoms with Gasteiger partial charge in [-0.15, -0.1) is 0 Å². The largest absolute Gasteiger partial charge is 0.354 e. The van der Waals surface area contributed by atoms with Gasteiger partial charge in [-0.25, -0.2) is 0 Å². The number of hydrogen-bond acceptors (Lipinski definition) is 2. The minimum Gasteiger partial charge on any atom is -0.354 e. The van der Waals surface area contributed by atoms with Crippen LogP contribution in [0.25, 0.3) is 0 Å². The fourth-order valence-electron chi connectivity index (χ4n) is 1.96. The van der Waals surface area contributed by atoms with Gasteiger partial charge in [0, 0.05) is 25.9 Å². The van der Waals surface area contributed by atoms with Crippen molar-refractivity contribution in [2.24, 2.45) is 0 Å². The van der Waals surface area contributed by atoms with Crippen molar-refractivity contribution in [3.05, 3.63) is 0 Å². The molecule has 2 N–H and O–H groups in total. The van der Waals surface area contributed by atoms with Crippen molar-refractivity contribution >= 4 is 11.8 Å². The second-order valence-corrected chi connectivity index (χ2v) is 3.95. The summed E-state index contributed by atoms with van der Waals surface area (Å²) < 4.78 is 0. The molecule has 1 aliphatic carbocycles. The zero-order chi connectivity index (χ0) is 14.6. The van der Waals surface area contributed by atoms with Gasteiger partial charge in [-0.3, -0.25) is 9.59 Å². The van der Waals surface area contributed by atoms with E-state index < -0.39 is 0 Å². The first-order valence-electron chi connectivity index (χ1n) is 7.12. The Kier molecular flexibility index (Phi) is 13.3. The van der Waals surface area contributed by atoms with Crippen LogP contribution in [0.4, 0.5) is 0 Å². The molecule has 0 bridgehead atoms. The van der Waals surface area contributed by atoms with Crippen molar-refractivity contribution in [2.45, 2.75) is 79.3 Å². The minimum absolute atomic E-state index is 0.0352. The lowest BCUT2D eigenvalue weighted by Crippen LogP contribution is -2.42. The first kappa shape index (κ1) is 19.3. The highest BCUT2D eigenvalue weighted by atomic mass is 16.2. The summed E-state index contributed by atoms with van der Waals surface area (Å²) in [5.74, 6) is 0.0703. The third-order valence-corrected chi connectivity index (χ3v) is 2.54. The summed E-state index contributed by atoms with van der Waals surface area (Å²) in [5, 5.41) is 5.81. The van der Waals surface area contributed by atoms with Crippen LogP contribution < -0.4 is 10.6 Å². The molecule has 0 unspecified atom stereocenters.